The number of nitrogens with zero attached hydrogens (tertiary/aromatic N) is 4. The molecule has 4 aromatic rings. The molecule has 0 radical (unpaired) electrons. The Balaban J connectivity index is 1.77. The molecule has 0 bridgehead atoms. The van der Waals surface area contributed by atoms with Gasteiger partial charge in [-0.05, 0) is 58.0 Å². The second-order valence-corrected chi connectivity index (χ2v) is 9.06. The average Bonchev–Trinajstić information content (AvgIpc) is 3.35. The first-order valence-corrected chi connectivity index (χ1v) is 11.2. The van der Waals surface area contributed by atoms with E-state index in [1.165, 1.54) is 4.90 Å². The molecule has 0 aliphatic carbocycles. The highest BCUT2D eigenvalue weighted by atomic mass is 35.5. The molecule has 3 aromatic heterocycles. The van der Waals surface area contributed by atoms with Crippen molar-refractivity contribution >= 4 is 40.1 Å². The highest BCUT2D eigenvalue weighted by Crippen LogP contribution is 2.31. The van der Waals surface area contributed by atoms with E-state index in [2.05, 4.69) is 10.4 Å². The fraction of sp³-hybridized carbons (Fsp3) is 0.280. The quantitative estimate of drug-likeness (QED) is 0.408. The Morgan fingerprint density at radius 3 is 2.44 bits per heavy atom. The molecule has 2 amide bonds. The smallest absolute Gasteiger partial charge is 0.256 e. The van der Waals surface area contributed by atoms with Crippen LogP contribution in [0.2, 0.25) is 5.02 Å². The number of rotatable bonds is 5. The molecule has 8 nitrogen and oxygen atoms in total. The number of nitrogens with one attached hydrogen (secondary N) is 1. The first-order valence-electron chi connectivity index (χ1n) is 10.8. The zero-order chi connectivity index (χ0) is 24.7. The predicted molar refractivity (Wildman–Crippen MR) is 133 cm³/mol. The van der Waals surface area contributed by atoms with Crippen molar-refractivity contribution < 1.29 is 14.0 Å². The number of furan rings is 1. The Labute approximate surface area is 202 Å². The summed E-state index contributed by atoms with van der Waals surface area (Å²) in [7, 11) is 3.31. The number of aromatic nitrogens is 3. The van der Waals surface area contributed by atoms with Crippen LogP contribution in [0.4, 0.5) is 5.69 Å². The summed E-state index contributed by atoms with van der Waals surface area (Å²) >= 11 is 6.32. The lowest BCUT2D eigenvalue weighted by Crippen LogP contribution is -2.22. The molecule has 4 rings (SSSR count). The molecule has 0 aliphatic heterocycles. The Hall–Kier alpha value is -3.65. The lowest BCUT2D eigenvalue weighted by Gasteiger charge is -2.13. The van der Waals surface area contributed by atoms with Crippen molar-refractivity contribution in [3.8, 4) is 11.3 Å². The van der Waals surface area contributed by atoms with Gasteiger partial charge < -0.3 is 14.6 Å². The van der Waals surface area contributed by atoms with Crippen LogP contribution in [0.1, 0.15) is 52.1 Å². The normalized spacial score (nSPS) is 11.3. The maximum absolute atomic E-state index is 13.4. The number of fused-ring (bicyclic) bond motifs is 1. The van der Waals surface area contributed by atoms with E-state index in [0.29, 0.717) is 33.5 Å². The van der Waals surface area contributed by atoms with E-state index in [-0.39, 0.29) is 22.9 Å². The first-order chi connectivity index (χ1) is 16.1. The Morgan fingerprint density at radius 1 is 1.12 bits per heavy atom. The summed E-state index contributed by atoms with van der Waals surface area (Å²) < 4.78 is 7.48. The van der Waals surface area contributed by atoms with Crippen molar-refractivity contribution in [1.82, 2.24) is 19.7 Å². The topological polar surface area (TPSA) is 93.3 Å². The van der Waals surface area contributed by atoms with Crippen molar-refractivity contribution in [2.45, 2.75) is 33.7 Å². The zero-order valence-electron chi connectivity index (χ0n) is 19.9. The monoisotopic (exact) mass is 479 g/mol. The number of hydrogen-bond donors (Lipinski definition) is 1. The molecule has 0 unspecified atom stereocenters. The third-order valence-electron chi connectivity index (χ3n) is 5.48. The van der Waals surface area contributed by atoms with Crippen LogP contribution in [-0.2, 0) is 0 Å². The molecule has 0 saturated heterocycles. The Morgan fingerprint density at radius 2 is 1.85 bits per heavy atom. The van der Waals surface area contributed by atoms with Gasteiger partial charge in [0.15, 0.2) is 5.65 Å². The summed E-state index contributed by atoms with van der Waals surface area (Å²) in [6.07, 6.45) is 1.65. The molecule has 0 atom stereocenters. The van der Waals surface area contributed by atoms with Crippen molar-refractivity contribution in [2.24, 2.45) is 0 Å². The second kappa shape index (κ2) is 8.95. The molecule has 176 valence electrons. The predicted octanol–water partition coefficient (Wildman–Crippen LogP) is 5.50. The molecule has 0 spiro atoms. The van der Waals surface area contributed by atoms with Crippen LogP contribution in [0.15, 0.2) is 40.9 Å². The number of hydrogen-bond acceptors (Lipinski definition) is 5. The van der Waals surface area contributed by atoms with Crippen LogP contribution < -0.4 is 5.32 Å². The van der Waals surface area contributed by atoms with Gasteiger partial charge in [0.25, 0.3) is 11.8 Å². The van der Waals surface area contributed by atoms with Gasteiger partial charge in [-0.25, -0.2) is 9.67 Å². The molecule has 0 fully saturated rings. The second-order valence-electron chi connectivity index (χ2n) is 8.65. The number of benzene rings is 1. The SMILES string of the molecule is Cc1cc(-c2cc(C(=O)Nc3ccc(C(=O)N(C)C)c(Cl)c3)c3cnn(C(C)C)c3n2)c(C)o1. The number of aryl methyl sites for hydroxylation is 2. The molecule has 3 heterocycles. The summed E-state index contributed by atoms with van der Waals surface area (Å²) in [5.41, 5.74) is 3.32. The van der Waals surface area contributed by atoms with E-state index in [9.17, 15) is 9.59 Å². The van der Waals surface area contributed by atoms with Gasteiger partial charge in [0.1, 0.15) is 11.5 Å². The minimum atomic E-state index is -0.336. The molecular formula is C25H26ClN5O3. The molecule has 9 heteroatoms. The van der Waals surface area contributed by atoms with Crippen LogP contribution in [-0.4, -0.2) is 45.6 Å². The Bertz CT molecular complexity index is 1420. The minimum absolute atomic E-state index is 0.0592. The third-order valence-corrected chi connectivity index (χ3v) is 5.79. The van der Waals surface area contributed by atoms with E-state index in [0.717, 1.165) is 17.1 Å². The van der Waals surface area contributed by atoms with E-state index < -0.39 is 0 Å². The summed E-state index contributed by atoms with van der Waals surface area (Å²) in [6, 6.07) is 8.53. The highest BCUT2D eigenvalue weighted by molar-refractivity contribution is 6.34. The summed E-state index contributed by atoms with van der Waals surface area (Å²) in [5.74, 6) is 0.937. The van der Waals surface area contributed by atoms with Crippen LogP contribution in [0.25, 0.3) is 22.3 Å². The maximum atomic E-state index is 13.4. The number of halogens is 1. The fourth-order valence-corrected chi connectivity index (χ4v) is 4.07. The average molecular weight is 480 g/mol. The lowest BCUT2D eigenvalue weighted by molar-refractivity contribution is 0.0827. The van der Waals surface area contributed by atoms with Gasteiger partial charge in [0.2, 0.25) is 0 Å². The largest absolute Gasteiger partial charge is 0.466 e. The molecule has 0 aliphatic rings. The van der Waals surface area contributed by atoms with Crippen LogP contribution >= 0.6 is 11.6 Å². The first kappa shape index (κ1) is 23.5. The van der Waals surface area contributed by atoms with Crippen molar-refractivity contribution in [1.29, 1.82) is 0 Å². The van der Waals surface area contributed by atoms with E-state index in [4.69, 9.17) is 21.0 Å². The summed E-state index contributed by atoms with van der Waals surface area (Å²) in [6.45, 7) is 7.75. The third kappa shape index (κ3) is 4.28. The van der Waals surface area contributed by atoms with Gasteiger partial charge in [0.05, 0.1) is 33.4 Å². The fourth-order valence-electron chi connectivity index (χ4n) is 3.81. The number of anilines is 1. The number of amides is 2. The zero-order valence-corrected chi connectivity index (χ0v) is 20.7. The maximum Gasteiger partial charge on any atom is 0.256 e. The number of carbonyl (C=O) groups excluding carboxylic acids is 2. The number of carbonyl (C=O) groups is 2. The molecule has 1 N–H and O–H groups in total. The molecule has 34 heavy (non-hydrogen) atoms. The van der Waals surface area contributed by atoms with E-state index in [1.54, 1.807) is 49.2 Å². The van der Waals surface area contributed by atoms with Crippen LogP contribution in [0.5, 0.6) is 0 Å². The van der Waals surface area contributed by atoms with Crippen molar-refractivity contribution in [3.05, 3.63) is 64.2 Å². The minimum Gasteiger partial charge on any atom is -0.466 e. The highest BCUT2D eigenvalue weighted by Gasteiger charge is 2.21. The summed E-state index contributed by atoms with van der Waals surface area (Å²) in [4.78, 5) is 31.9. The number of pyridine rings is 1. The van der Waals surface area contributed by atoms with Crippen molar-refractivity contribution in [2.75, 3.05) is 19.4 Å². The van der Waals surface area contributed by atoms with Gasteiger partial charge >= 0.3 is 0 Å². The van der Waals surface area contributed by atoms with Gasteiger partial charge in [-0.15, -0.1) is 0 Å². The van der Waals surface area contributed by atoms with E-state index in [1.807, 2.05) is 33.8 Å². The van der Waals surface area contributed by atoms with Gasteiger partial charge in [-0.1, -0.05) is 11.6 Å². The van der Waals surface area contributed by atoms with Crippen molar-refractivity contribution in [3.63, 3.8) is 0 Å². The van der Waals surface area contributed by atoms with Gasteiger partial charge in [-0.2, -0.15) is 5.10 Å². The molecule has 0 saturated carbocycles. The lowest BCUT2D eigenvalue weighted by atomic mass is 10.1. The van der Waals surface area contributed by atoms with Gasteiger partial charge in [0, 0.05) is 31.4 Å². The van der Waals surface area contributed by atoms with E-state index >= 15 is 0 Å². The van der Waals surface area contributed by atoms with Crippen LogP contribution in [0, 0.1) is 13.8 Å². The standard InChI is InChI=1S/C25H26ClN5O3/c1-13(2)31-23-20(12-27-31)19(11-22(29-23)18-9-14(3)34-15(18)4)24(32)28-16-7-8-17(21(26)10-16)25(33)30(5)6/h7-13H,1-6H3,(H,28,32). The molecule has 1 aromatic carbocycles. The van der Waals surface area contributed by atoms with Crippen LogP contribution in [0.3, 0.4) is 0 Å². The molecular weight excluding hydrogens is 454 g/mol. The summed E-state index contributed by atoms with van der Waals surface area (Å²) in [5, 5.41) is 8.24. The van der Waals surface area contributed by atoms with Gasteiger partial charge in [-0.3, -0.25) is 9.59 Å². The Kier molecular flexibility index (Phi) is 6.18.